The molecule has 1 atom stereocenters. The van der Waals surface area contributed by atoms with Crippen LogP contribution < -0.4 is 0 Å². The minimum Gasteiger partial charge on any atom is -0.450 e. The third-order valence-electron chi connectivity index (χ3n) is 2.42. The number of aliphatic hydroxyl groups excluding tert-OH is 1. The highest BCUT2D eigenvalue weighted by molar-refractivity contribution is 9.13. The van der Waals surface area contributed by atoms with E-state index in [0.29, 0.717) is 25.5 Å². The quantitative estimate of drug-likeness (QED) is 0.800. The maximum atomic E-state index is 13.6. The molecule has 0 aliphatic carbocycles. The molecule has 0 bridgehead atoms. The summed E-state index contributed by atoms with van der Waals surface area (Å²) in [6.07, 6.45) is -0.793. The van der Waals surface area contributed by atoms with Crippen LogP contribution in [0.15, 0.2) is 37.8 Å². The first-order valence-corrected chi connectivity index (χ1v) is 7.00. The summed E-state index contributed by atoms with van der Waals surface area (Å²) in [7, 11) is 0. The van der Waals surface area contributed by atoms with E-state index in [1.54, 1.807) is 18.2 Å². The fourth-order valence-electron chi connectivity index (χ4n) is 1.52. The van der Waals surface area contributed by atoms with Crippen LogP contribution in [0.5, 0.6) is 0 Å². The van der Waals surface area contributed by atoms with Crippen LogP contribution in [0.2, 0.25) is 5.02 Å². The van der Waals surface area contributed by atoms with Crippen LogP contribution in [0.25, 0.3) is 0 Å². The van der Waals surface area contributed by atoms with Crippen LogP contribution in [0, 0.1) is 5.82 Å². The van der Waals surface area contributed by atoms with Gasteiger partial charge in [-0.15, -0.1) is 0 Å². The van der Waals surface area contributed by atoms with E-state index in [1.165, 1.54) is 6.07 Å². The number of halogens is 4. The molecule has 6 heteroatoms. The summed E-state index contributed by atoms with van der Waals surface area (Å²) in [5.74, 6) is -0.0747. The van der Waals surface area contributed by atoms with Crippen LogP contribution >= 0.6 is 43.5 Å². The highest BCUT2D eigenvalue weighted by atomic mass is 79.9. The predicted octanol–water partition coefficient (Wildman–Crippen LogP) is 4.87. The Morgan fingerprint density at radius 1 is 1.33 bits per heavy atom. The lowest BCUT2D eigenvalue weighted by molar-refractivity contribution is 0.147. The summed E-state index contributed by atoms with van der Waals surface area (Å²) in [5, 5.41) is 10.3. The molecule has 1 aromatic heterocycles. The van der Waals surface area contributed by atoms with Gasteiger partial charge in [-0.3, -0.25) is 0 Å². The Morgan fingerprint density at radius 2 is 2.06 bits per heavy atom. The summed E-state index contributed by atoms with van der Waals surface area (Å²) >= 11 is 12.1. The Kier molecular flexibility index (Phi) is 4.48. The average molecular weight is 398 g/mol. The number of hydrogen-bond donors (Lipinski definition) is 1. The van der Waals surface area contributed by atoms with Gasteiger partial charge in [0.1, 0.15) is 17.7 Å². The van der Waals surface area contributed by atoms with Gasteiger partial charge in [0.05, 0.1) is 4.47 Å². The lowest BCUT2D eigenvalue weighted by Gasteiger charge is -2.08. The topological polar surface area (TPSA) is 33.4 Å². The van der Waals surface area contributed by atoms with Gasteiger partial charge in [-0.05, 0) is 55.6 Å². The van der Waals surface area contributed by atoms with Crippen LogP contribution in [0.4, 0.5) is 4.39 Å². The lowest BCUT2D eigenvalue weighted by Crippen LogP contribution is -2.02. The van der Waals surface area contributed by atoms with E-state index in [-0.39, 0.29) is 6.42 Å². The second-order valence-electron chi connectivity index (χ2n) is 3.73. The zero-order chi connectivity index (χ0) is 13.3. The van der Waals surface area contributed by atoms with Gasteiger partial charge in [0.2, 0.25) is 0 Å². The van der Waals surface area contributed by atoms with Gasteiger partial charge >= 0.3 is 0 Å². The smallest absolute Gasteiger partial charge is 0.183 e. The van der Waals surface area contributed by atoms with E-state index in [9.17, 15) is 9.50 Å². The Labute approximate surface area is 125 Å². The number of aliphatic hydroxyl groups is 1. The van der Waals surface area contributed by atoms with Gasteiger partial charge in [0.15, 0.2) is 4.67 Å². The number of benzene rings is 1. The van der Waals surface area contributed by atoms with Crippen molar-refractivity contribution in [1.82, 2.24) is 0 Å². The third kappa shape index (κ3) is 3.15. The normalized spacial score (nSPS) is 12.7. The molecule has 2 nitrogen and oxygen atoms in total. The van der Waals surface area contributed by atoms with Gasteiger partial charge in [0.25, 0.3) is 0 Å². The van der Waals surface area contributed by atoms with Crippen molar-refractivity contribution >= 4 is 43.5 Å². The molecule has 0 spiro atoms. The maximum Gasteiger partial charge on any atom is 0.183 e. The van der Waals surface area contributed by atoms with Crippen molar-refractivity contribution in [2.75, 3.05) is 0 Å². The molecule has 2 rings (SSSR count). The molecule has 0 saturated heterocycles. The Morgan fingerprint density at radius 3 is 2.61 bits per heavy atom. The molecule has 1 heterocycles. The van der Waals surface area contributed by atoms with E-state index in [1.807, 2.05) is 0 Å². The Bertz CT molecular complexity index is 552. The zero-order valence-electron chi connectivity index (χ0n) is 8.96. The highest BCUT2D eigenvalue weighted by Gasteiger charge is 2.17. The molecular weight excluding hydrogens is 390 g/mol. The first-order chi connectivity index (χ1) is 8.47. The number of hydrogen-bond acceptors (Lipinski definition) is 2. The molecule has 0 aliphatic rings. The summed E-state index contributed by atoms with van der Waals surface area (Å²) in [4.78, 5) is 0. The van der Waals surface area contributed by atoms with Crippen LogP contribution in [-0.4, -0.2) is 5.11 Å². The minimum absolute atomic E-state index is 0.120. The summed E-state index contributed by atoms with van der Waals surface area (Å²) < 4.78 is 20.0. The zero-order valence-corrected chi connectivity index (χ0v) is 12.9. The van der Waals surface area contributed by atoms with Crippen molar-refractivity contribution in [2.24, 2.45) is 0 Å². The van der Waals surface area contributed by atoms with Crippen LogP contribution in [0.1, 0.15) is 17.4 Å². The first-order valence-electron chi connectivity index (χ1n) is 5.04. The maximum absolute atomic E-state index is 13.6. The summed E-state index contributed by atoms with van der Waals surface area (Å²) in [6.45, 7) is 0. The second kappa shape index (κ2) is 5.74. The van der Waals surface area contributed by atoms with Gasteiger partial charge in [-0.1, -0.05) is 17.7 Å². The molecule has 1 aromatic carbocycles. The second-order valence-corrected chi connectivity index (χ2v) is 5.74. The van der Waals surface area contributed by atoms with Gasteiger partial charge in [-0.2, -0.15) is 0 Å². The molecule has 96 valence electrons. The molecule has 0 aliphatic heterocycles. The van der Waals surface area contributed by atoms with Crippen molar-refractivity contribution in [3.63, 3.8) is 0 Å². The van der Waals surface area contributed by atoms with Crippen molar-refractivity contribution in [1.29, 1.82) is 0 Å². The molecule has 18 heavy (non-hydrogen) atoms. The van der Waals surface area contributed by atoms with Crippen molar-refractivity contribution in [3.05, 3.63) is 55.6 Å². The largest absolute Gasteiger partial charge is 0.450 e. The number of rotatable bonds is 3. The molecule has 1 unspecified atom stereocenters. The summed E-state index contributed by atoms with van der Waals surface area (Å²) in [6, 6.07) is 5.99. The van der Waals surface area contributed by atoms with Gasteiger partial charge in [-0.25, -0.2) is 4.39 Å². The minimum atomic E-state index is -0.914. The Balaban J connectivity index is 2.18. The van der Waals surface area contributed by atoms with E-state index in [0.717, 1.165) is 0 Å². The van der Waals surface area contributed by atoms with Crippen molar-refractivity contribution < 1.29 is 13.9 Å². The molecule has 2 aromatic rings. The third-order valence-corrected chi connectivity index (χ3v) is 4.37. The average Bonchev–Trinajstić information content (AvgIpc) is 2.63. The van der Waals surface area contributed by atoms with Gasteiger partial charge in [0, 0.05) is 11.4 Å². The van der Waals surface area contributed by atoms with Crippen LogP contribution in [-0.2, 0) is 6.42 Å². The van der Waals surface area contributed by atoms with E-state index in [2.05, 4.69) is 31.9 Å². The molecule has 0 fully saturated rings. The first kappa shape index (κ1) is 14.1. The molecular formula is C12H8Br2ClFO2. The summed E-state index contributed by atoms with van der Waals surface area (Å²) in [5.41, 5.74) is 0.385. The van der Waals surface area contributed by atoms with Crippen LogP contribution in [0.3, 0.4) is 0 Å². The fraction of sp³-hybridized carbons (Fsp3) is 0.167. The highest BCUT2D eigenvalue weighted by Crippen LogP contribution is 2.31. The van der Waals surface area contributed by atoms with Crippen molar-refractivity contribution in [3.8, 4) is 0 Å². The standard InChI is InChI=1S/C12H8Br2ClFO2/c13-8-5-11(18-12(8)14)10(17)3-6-1-2-7(15)4-9(6)16/h1-2,4-5,10,17H,3H2. The SMILES string of the molecule is OC(Cc1ccc(Cl)cc1F)c1cc(Br)c(Br)o1. The molecule has 1 N–H and O–H groups in total. The number of furan rings is 1. The predicted molar refractivity (Wildman–Crippen MR) is 74.2 cm³/mol. The Hall–Kier alpha value is -0.360. The van der Waals surface area contributed by atoms with E-state index < -0.39 is 11.9 Å². The van der Waals surface area contributed by atoms with Crippen molar-refractivity contribution in [2.45, 2.75) is 12.5 Å². The monoisotopic (exact) mass is 396 g/mol. The van der Waals surface area contributed by atoms with Gasteiger partial charge < -0.3 is 9.52 Å². The van der Waals surface area contributed by atoms with E-state index >= 15 is 0 Å². The molecule has 0 amide bonds. The van der Waals surface area contributed by atoms with E-state index in [4.69, 9.17) is 16.0 Å². The lowest BCUT2D eigenvalue weighted by atomic mass is 10.1. The molecule has 0 saturated carbocycles. The molecule has 0 radical (unpaired) electrons. The fourth-order valence-corrected chi connectivity index (χ4v) is 2.29.